The van der Waals surface area contributed by atoms with Gasteiger partial charge in [-0.15, -0.1) is 0 Å². The highest BCUT2D eigenvalue weighted by Crippen LogP contribution is 2.20. The van der Waals surface area contributed by atoms with Crippen LogP contribution in [0.2, 0.25) is 0 Å². The molecule has 6 heteroatoms. The van der Waals surface area contributed by atoms with E-state index in [0.717, 1.165) is 22.6 Å². The third-order valence-corrected chi connectivity index (χ3v) is 4.56. The Hall–Kier alpha value is -3.67. The molecule has 0 aliphatic heterocycles. The molecule has 0 unspecified atom stereocenters. The number of hydrogen-bond donors (Lipinski definition) is 1. The van der Waals surface area contributed by atoms with Gasteiger partial charge in [0.15, 0.2) is 0 Å². The minimum atomic E-state index is -0.155. The Morgan fingerprint density at radius 2 is 1.82 bits per heavy atom. The van der Waals surface area contributed by atoms with E-state index in [4.69, 9.17) is 0 Å². The van der Waals surface area contributed by atoms with Gasteiger partial charge in [-0.2, -0.15) is 10.2 Å². The summed E-state index contributed by atoms with van der Waals surface area (Å²) in [5, 5.41) is 11.7. The van der Waals surface area contributed by atoms with Gasteiger partial charge < -0.3 is 5.32 Å². The molecule has 28 heavy (non-hydrogen) atoms. The van der Waals surface area contributed by atoms with Gasteiger partial charge in [-0.3, -0.25) is 9.48 Å². The molecule has 2 aromatic heterocycles. The van der Waals surface area contributed by atoms with Crippen LogP contribution in [0.5, 0.6) is 0 Å². The van der Waals surface area contributed by atoms with Gasteiger partial charge in [-0.25, -0.2) is 4.68 Å². The Morgan fingerprint density at radius 1 is 1.04 bits per heavy atom. The summed E-state index contributed by atoms with van der Waals surface area (Å²) in [5.41, 5.74) is 5.36. The molecule has 0 saturated heterocycles. The smallest absolute Gasteiger partial charge is 0.255 e. The number of rotatable bonds is 5. The Balaban J connectivity index is 1.50. The molecule has 4 rings (SSSR count). The van der Waals surface area contributed by atoms with Gasteiger partial charge in [0.25, 0.3) is 5.91 Å². The Kier molecular flexibility index (Phi) is 4.76. The number of amides is 1. The van der Waals surface area contributed by atoms with E-state index in [1.807, 2.05) is 79.3 Å². The van der Waals surface area contributed by atoms with Crippen molar-refractivity contribution in [3.05, 3.63) is 95.6 Å². The van der Waals surface area contributed by atoms with Crippen molar-refractivity contribution in [2.45, 2.75) is 20.4 Å². The van der Waals surface area contributed by atoms with E-state index in [1.165, 1.54) is 0 Å². The number of anilines is 1. The average molecular weight is 371 g/mol. The summed E-state index contributed by atoms with van der Waals surface area (Å²) in [6.45, 7) is 4.71. The lowest BCUT2D eigenvalue weighted by Gasteiger charge is -2.11. The zero-order valence-electron chi connectivity index (χ0n) is 15.8. The average Bonchev–Trinajstić information content (AvgIpc) is 3.33. The topological polar surface area (TPSA) is 64.7 Å². The molecule has 0 bridgehead atoms. The monoisotopic (exact) mass is 371 g/mol. The highest BCUT2D eigenvalue weighted by molar-refractivity contribution is 6.05. The quantitative estimate of drug-likeness (QED) is 0.577. The molecule has 2 heterocycles. The molecule has 2 aromatic carbocycles. The molecule has 140 valence electrons. The maximum absolute atomic E-state index is 12.7. The van der Waals surface area contributed by atoms with Crippen molar-refractivity contribution in [3.8, 4) is 5.69 Å². The molecular weight excluding hydrogens is 350 g/mol. The zero-order chi connectivity index (χ0) is 19.5. The molecule has 0 fully saturated rings. The van der Waals surface area contributed by atoms with Crippen LogP contribution in [0.25, 0.3) is 5.69 Å². The molecule has 1 N–H and O–H groups in total. The number of aromatic nitrogens is 4. The van der Waals surface area contributed by atoms with Gasteiger partial charge in [0.1, 0.15) is 0 Å². The minimum Gasteiger partial charge on any atom is -0.320 e. The fourth-order valence-electron chi connectivity index (χ4n) is 3.15. The predicted molar refractivity (Wildman–Crippen MR) is 109 cm³/mol. The van der Waals surface area contributed by atoms with Crippen molar-refractivity contribution < 1.29 is 4.79 Å². The van der Waals surface area contributed by atoms with E-state index in [0.29, 0.717) is 17.8 Å². The van der Waals surface area contributed by atoms with Gasteiger partial charge in [-0.05, 0) is 55.8 Å². The molecule has 0 aliphatic rings. The number of aryl methyl sites for hydroxylation is 2. The summed E-state index contributed by atoms with van der Waals surface area (Å²) in [6.07, 6.45) is 3.55. The maximum atomic E-state index is 12.7. The third kappa shape index (κ3) is 3.71. The number of nitrogens with one attached hydrogen (secondary N) is 1. The normalized spacial score (nSPS) is 10.8. The Bertz CT molecular complexity index is 1090. The minimum absolute atomic E-state index is 0.155. The van der Waals surface area contributed by atoms with Crippen LogP contribution in [0.15, 0.2) is 73.1 Å². The van der Waals surface area contributed by atoms with Gasteiger partial charge in [0, 0.05) is 23.7 Å². The fourth-order valence-corrected chi connectivity index (χ4v) is 3.15. The van der Waals surface area contributed by atoms with Crippen molar-refractivity contribution in [3.63, 3.8) is 0 Å². The summed E-state index contributed by atoms with van der Waals surface area (Å²) in [6, 6.07) is 19.1. The summed E-state index contributed by atoms with van der Waals surface area (Å²) >= 11 is 0. The van der Waals surface area contributed by atoms with Gasteiger partial charge in [0.2, 0.25) is 0 Å². The first-order chi connectivity index (χ1) is 13.6. The number of hydrogen-bond acceptors (Lipinski definition) is 3. The molecule has 0 saturated carbocycles. The first kappa shape index (κ1) is 17.7. The number of carbonyl (C=O) groups excluding carboxylic acids is 1. The lowest BCUT2D eigenvalue weighted by atomic mass is 10.1. The van der Waals surface area contributed by atoms with E-state index >= 15 is 0 Å². The van der Waals surface area contributed by atoms with E-state index < -0.39 is 0 Å². The van der Waals surface area contributed by atoms with Crippen LogP contribution in [0.1, 0.15) is 27.3 Å². The summed E-state index contributed by atoms with van der Waals surface area (Å²) in [7, 11) is 0. The van der Waals surface area contributed by atoms with Crippen LogP contribution in [0.4, 0.5) is 5.69 Å². The summed E-state index contributed by atoms with van der Waals surface area (Å²) in [4.78, 5) is 12.7. The van der Waals surface area contributed by atoms with E-state index in [2.05, 4.69) is 21.6 Å². The van der Waals surface area contributed by atoms with Crippen LogP contribution in [-0.2, 0) is 6.54 Å². The Labute approximate surface area is 163 Å². The molecule has 1 amide bonds. The molecule has 0 radical (unpaired) electrons. The second-order valence-electron chi connectivity index (χ2n) is 6.70. The van der Waals surface area contributed by atoms with Crippen molar-refractivity contribution in [1.29, 1.82) is 0 Å². The number of para-hydroxylation sites is 2. The number of benzene rings is 2. The van der Waals surface area contributed by atoms with Gasteiger partial charge in [-0.1, -0.05) is 24.3 Å². The fraction of sp³-hybridized carbons (Fsp3) is 0.136. The van der Waals surface area contributed by atoms with Crippen LogP contribution in [0, 0.1) is 13.8 Å². The molecule has 0 atom stereocenters. The van der Waals surface area contributed by atoms with E-state index in [9.17, 15) is 4.79 Å². The Morgan fingerprint density at radius 3 is 2.50 bits per heavy atom. The lowest BCUT2D eigenvalue weighted by Crippen LogP contribution is -2.14. The van der Waals surface area contributed by atoms with Crippen molar-refractivity contribution >= 4 is 11.6 Å². The van der Waals surface area contributed by atoms with Crippen LogP contribution < -0.4 is 5.32 Å². The second kappa shape index (κ2) is 7.52. The largest absolute Gasteiger partial charge is 0.320 e. The van der Waals surface area contributed by atoms with Crippen LogP contribution >= 0.6 is 0 Å². The van der Waals surface area contributed by atoms with E-state index in [1.54, 1.807) is 10.9 Å². The second-order valence-corrected chi connectivity index (χ2v) is 6.70. The van der Waals surface area contributed by atoms with Crippen LogP contribution in [0.3, 0.4) is 0 Å². The molecule has 0 aliphatic carbocycles. The lowest BCUT2D eigenvalue weighted by molar-refractivity contribution is 0.102. The zero-order valence-corrected chi connectivity index (χ0v) is 15.8. The van der Waals surface area contributed by atoms with Gasteiger partial charge in [0.05, 0.1) is 23.6 Å². The summed E-state index contributed by atoms with van der Waals surface area (Å²) in [5.74, 6) is -0.155. The third-order valence-electron chi connectivity index (χ3n) is 4.56. The number of nitrogens with zero attached hydrogens (tertiary/aromatic N) is 4. The molecule has 4 aromatic rings. The summed E-state index contributed by atoms with van der Waals surface area (Å²) < 4.78 is 3.69. The first-order valence-electron chi connectivity index (χ1n) is 9.10. The predicted octanol–water partition coefficient (Wildman–Crippen LogP) is 3.99. The standard InChI is InChI=1S/C22H21N5O/c1-16-14-17(2)27(25-16)15-18-8-10-19(11-9-18)22(28)24-20-6-3-4-7-21(20)26-13-5-12-23-26/h3-14H,15H2,1-2H3,(H,24,28). The van der Waals surface area contributed by atoms with Crippen molar-refractivity contribution in [2.24, 2.45) is 0 Å². The maximum Gasteiger partial charge on any atom is 0.255 e. The first-order valence-corrected chi connectivity index (χ1v) is 9.10. The molecular formula is C22H21N5O. The van der Waals surface area contributed by atoms with Gasteiger partial charge >= 0.3 is 0 Å². The molecule has 0 spiro atoms. The highest BCUT2D eigenvalue weighted by Gasteiger charge is 2.11. The highest BCUT2D eigenvalue weighted by atomic mass is 16.1. The SMILES string of the molecule is Cc1cc(C)n(Cc2ccc(C(=O)Nc3ccccc3-n3cccn3)cc2)n1. The van der Waals surface area contributed by atoms with E-state index in [-0.39, 0.29) is 5.91 Å². The van der Waals surface area contributed by atoms with Crippen molar-refractivity contribution in [2.75, 3.05) is 5.32 Å². The van der Waals surface area contributed by atoms with Crippen LogP contribution in [-0.4, -0.2) is 25.5 Å². The number of carbonyl (C=O) groups is 1. The van der Waals surface area contributed by atoms with Crippen molar-refractivity contribution in [1.82, 2.24) is 19.6 Å². The molecule has 6 nitrogen and oxygen atoms in total.